The van der Waals surface area contributed by atoms with E-state index in [0.29, 0.717) is 12.1 Å². The number of hydrogen-bond donors (Lipinski definition) is 3. The van der Waals surface area contributed by atoms with Crippen LogP contribution in [0.4, 0.5) is 0 Å². The Morgan fingerprint density at radius 3 is 2.69 bits per heavy atom. The first-order chi connectivity index (χ1) is 19.3. The monoisotopic (exact) mass is 514 g/mol. The Morgan fingerprint density at radius 2 is 1.79 bits per heavy atom. The molecule has 0 spiro atoms. The highest BCUT2D eigenvalue weighted by atomic mass is 16.3. The van der Waals surface area contributed by atoms with Crippen LogP contribution in [0.5, 0.6) is 0 Å². The van der Waals surface area contributed by atoms with Crippen molar-refractivity contribution in [2.75, 3.05) is 0 Å². The molecule has 2 heterocycles. The van der Waals surface area contributed by atoms with Gasteiger partial charge in [0.1, 0.15) is 17.5 Å². The summed E-state index contributed by atoms with van der Waals surface area (Å²) in [7, 11) is 0. The van der Waals surface area contributed by atoms with Crippen LogP contribution in [0, 0.1) is 5.92 Å². The molecule has 4 atom stereocenters. The van der Waals surface area contributed by atoms with Gasteiger partial charge in [-0.2, -0.15) is 0 Å². The molecule has 4 unspecified atom stereocenters. The summed E-state index contributed by atoms with van der Waals surface area (Å²) in [6.07, 6.45) is 28.8. The van der Waals surface area contributed by atoms with E-state index in [4.69, 9.17) is 4.42 Å². The van der Waals surface area contributed by atoms with Gasteiger partial charge in [0.2, 0.25) is 0 Å². The number of rotatable bonds is 3. The van der Waals surface area contributed by atoms with Crippen molar-refractivity contribution in [3.05, 3.63) is 113 Å². The van der Waals surface area contributed by atoms with E-state index in [1.54, 1.807) is 0 Å². The maximum atomic E-state index is 6.33. The Hall–Kier alpha value is -3.44. The van der Waals surface area contributed by atoms with E-state index in [1.165, 1.54) is 44.3 Å². The van der Waals surface area contributed by atoms with Crippen molar-refractivity contribution in [2.45, 2.75) is 63.4 Å². The molecule has 8 rings (SSSR count). The normalized spacial score (nSPS) is 27.2. The molecule has 4 nitrogen and oxygen atoms in total. The summed E-state index contributed by atoms with van der Waals surface area (Å²) in [5, 5.41) is 11.8. The second kappa shape index (κ2) is 9.63. The number of aryl methyl sites for hydroxylation is 3. The number of allylic oxidation sites excluding steroid dienone is 7. The van der Waals surface area contributed by atoms with E-state index in [9.17, 15) is 0 Å². The van der Waals surface area contributed by atoms with Crippen LogP contribution < -0.4 is 16.0 Å². The minimum Gasteiger partial charge on any atom is -0.460 e. The van der Waals surface area contributed by atoms with Gasteiger partial charge in [0.05, 0.1) is 6.17 Å². The highest BCUT2D eigenvalue weighted by molar-refractivity contribution is 6.03. The molecule has 1 saturated heterocycles. The van der Waals surface area contributed by atoms with Gasteiger partial charge >= 0.3 is 0 Å². The van der Waals surface area contributed by atoms with Crippen LogP contribution in [-0.2, 0) is 19.3 Å². The number of fused-ring (bicyclic) bond motifs is 7. The fourth-order valence-corrected chi connectivity index (χ4v) is 7.29. The standard InChI is InChI=1S/C35H35N3O/c1-3-9-23(10-4-1)33-36-34(24-11-5-2-6-12-24)38-35(37-33)26-17-19-27-25(21-26)16-15-22-18-20-30-32(31(22)27)28-13-7-8-14-29(28)39-30/h1-5,7,9,11,13,17-21,23,33-38H,6,8,10,12,14-16H2/p+1. The van der Waals surface area contributed by atoms with E-state index >= 15 is 0 Å². The van der Waals surface area contributed by atoms with Crippen molar-refractivity contribution < 1.29 is 9.73 Å². The minimum absolute atomic E-state index is 0.114. The van der Waals surface area contributed by atoms with Gasteiger partial charge in [-0.3, -0.25) is 0 Å². The number of hydrogen-bond acceptors (Lipinski definition) is 3. The molecule has 3 aromatic rings. The van der Waals surface area contributed by atoms with Crippen LogP contribution in [0.1, 0.15) is 59.9 Å². The first kappa shape index (κ1) is 23.4. The molecular weight excluding hydrogens is 478 g/mol. The minimum atomic E-state index is 0.114. The molecule has 1 aromatic heterocycles. The molecule has 0 bridgehead atoms. The molecule has 2 aromatic carbocycles. The summed E-state index contributed by atoms with van der Waals surface area (Å²) in [5.41, 5.74) is 10.8. The third-order valence-corrected chi connectivity index (χ3v) is 9.30. The number of quaternary nitrogens is 1. The largest absolute Gasteiger partial charge is 0.460 e. The number of benzene rings is 2. The summed E-state index contributed by atoms with van der Waals surface area (Å²) >= 11 is 0. The molecule has 0 saturated carbocycles. The first-order valence-corrected chi connectivity index (χ1v) is 14.7. The van der Waals surface area contributed by atoms with Gasteiger partial charge in [0.15, 0.2) is 6.17 Å². The van der Waals surface area contributed by atoms with Gasteiger partial charge in [0.25, 0.3) is 0 Å². The maximum Gasteiger partial charge on any atom is 0.165 e. The molecule has 1 fully saturated rings. The Kier molecular flexibility index (Phi) is 5.79. The predicted octanol–water partition coefficient (Wildman–Crippen LogP) is 5.97. The molecule has 1 aliphatic heterocycles. The summed E-state index contributed by atoms with van der Waals surface area (Å²) in [6, 6.07) is 11.7. The van der Waals surface area contributed by atoms with E-state index < -0.39 is 0 Å². The van der Waals surface area contributed by atoms with Crippen molar-refractivity contribution in [3.63, 3.8) is 0 Å². The lowest BCUT2D eigenvalue weighted by Gasteiger charge is -2.40. The third-order valence-electron chi connectivity index (χ3n) is 9.30. The lowest BCUT2D eigenvalue weighted by Crippen LogP contribution is -3.04. The lowest BCUT2D eigenvalue weighted by molar-refractivity contribution is -0.739. The topological polar surface area (TPSA) is 53.8 Å². The SMILES string of the molecule is C1=CCCC(C2NC(c3ccc4c(c3)CCc3ccc5oc6c(c5c3-4)C=CCC6)NC(C3C=CC=CC3)[NH2+]2)=C1. The quantitative estimate of drug-likeness (QED) is 0.403. The van der Waals surface area contributed by atoms with Crippen molar-refractivity contribution in [1.82, 2.24) is 10.6 Å². The van der Waals surface area contributed by atoms with Gasteiger partial charge in [-0.05, 0) is 72.4 Å². The Labute approximate surface area is 230 Å². The number of nitrogens with two attached hydrogens (primary N) is 1. The van der Waals surface area contributed by atoms with Gasteiger partial charge in [0, 0.05) is 28.9 Å². The van der Waals surface area contributed by atoms with E-state index in [2.05, 4.69) is 101 Å². The molecule has 196 valence electrons. The molecule has 0 amide bonds. The second-order valence-electron chi connectivity index (χ2n) is 11.7. The number of furan rings is 1. The van der Waals surface area contributed by atoms with Crippen LogP contribution in [0.3, 0.4) is 0 Å². The fourth-order valence-electron chi connectivity index (χ4n) is 7.29. The molecule has 0 radical (unpaired) electrons. The van der Waals surface area contributed by atoms with Crippen molar-refractivity contribution in [2.24, 2.45) is 5.92 Å². The van der Waals surface area contributed by atoms with Gasteiger partial charge in [-0.15, -0.1) is 0 Å². The maximum absolute atomic E-state index is 6.33. The van der Waals surface area contributed by atoms with Crippen LogP contribution in [0.15, 0.2) is 88.9 Å². The van der Waals surface area contributed by atoms with Crippen LogP contribution in [0.2, 0.25) is 0 Å². The van der Waals surface area contributed by atoms with E-state index in [1.807, 2.05) is 0 Å². The van der Waals surface area contributed by atoms with Gasteiger partial charge in [-0.25, -0.2) is 10.6 Å². The fraction of sp³-hybridized carbons (Fsp3) is 0.314. The molecule has 4 N–H and O–H groups in total. The van der Waals surface area contributed by atoms with Crippen molar-refractivity contribution >= 4 is 17.0 Å². The van der Waals surface area contributed by atoms with Crippen LogP contribution in [-0.4, -0.2) is 12.3 Å². The van der Waals surface area contributed by atoms with Crippen LogP contribution >= 0.6 is 0 Å². The number of nitrogens with one attached hydrogen (secondary N) is 2. The zero-order valence-electron chi connectivity index (χ0n) is 22.3. The Morgan fingerprint density at radius 1 is 0.846 bits per heavy atom. The van der Waals surface area contributed by atoms with E-state index in [0.717, 1.165) is 56.3 Å². The third kappa shape index (κ3) is 4.10. The predicted molar refractivity (Wildman–Crippen MR) is 158 cm³/mol. The summed E-state index contributed by atoms with van der Waals surface area (Å²) in [6.45, 7) is 0. The summed E-state index contributed by atoms with van der Waals surface area (Å²) < 4.78 is 6.33. The van der Waals surface area contributed by atoms with Gasteiger partial charge in [-0.1, -0.05) is 78.9 Å². The Balaban J connectivity index is 1.17. The van der Waals surface area contributed by atoms with Crippen molar-refractivity contribution in [1.29, 1.82) is 0 Å². The van der Waals surface area contributed by atoms with Crippen molar-refractivity contribution in [3.8, 4) is 11.1 Å². The molecule has 39 heavy (non-hydrogen) atoms. The lowest BCUT2D eigenvalue weighted by atomic mass is 9.81. The Bertz CT molecular complexity index is 1600. The summed E-state index contributed by atoms with van der Waals surface area (Å²) in [4.78, 5) is 0. The smallest absolute Gasteiger partial charge is 0.165 e. The second-order valence-corrected chi connectivity index (χ2v) is 11.7. The van der Waals surface area contributed by atoms with Gasteiger partial charge < -0.3 is 9.73 Å². The van der Waals surface area contributed by atoms with Crippen LogP contribution in [0.25, 0.3) is 28.2 Å². The zero-order valence-corrected chi connectivity index (χ0v) is 22.3. The van der Waals surface area contributed by atoms with E-state index in [-0.39, 0.29) is 12.3 Å². The molecule has 4 heteroatoms. The average Bonchev–Trinajstić information content (AvgIpc) is 3.40. The highest BCUT2D eigenvalue weighted by Crippen LogP contribution is 2.44. The molecule has 5 aliphatic rings. The first-order valence-electron chi connectivity index (χ1n) is 14.7. The summed E-state index contributed by atoms with van der Waals surface area (Å²) in [5.74, 6) is 1.63. The molecular formula is C35H36N3O+. The molecule has 4 aliphatic carbocycles. The highest BCUT2D eigenvalue weighted by Gasteiger charge is 2.37. The zero-order chi connectivity index (χ0) is 25.8. The average molecular weight is 515 g/mol.